The van der Waals surface area contributed by atoms with Crippen molar-refractivity contribution in [2.45, 2.75) is 31.9 Å². The van der Waals surface area contributed by atoms with Gasteiger partial charge in [0.05, 0.1) is 16.7 Å². The van der Waals surface area contributed by atoms with E-state index in [9.17, 15) is 10.1 Å². The van der Waals surface area contributed by atoms with Crippen molar-refractivity contribution in [2.75, 3.05) is 4.90 Å². The predicted molar refractivity (Wildman–Crippen MR) is 166 cm³/mol. The summed E-state index contributed by atoms with van der Waals surface area (Å²) in [5.74, 6) is 0.758. The van der Waals surface area contributed by atoms with Crippen LogP contribution in [0, 0.1) is 10.1 Å². The van der Waals surface area contributed by atoms with Crippen molar-refractivity contribution in [1.29, 1.82) is 0 Å². The summed E-state index contributed by atoms with van der Waals surface area (Å²) in [6.07, 6.45) is 1.77. The van der Waals surface area contributed by atoms with Gasteiger partial charge in [-0.25, -0.2) is 0 Å². The van der Waals surface area contributed by atoms with E-state index in [4.69, 9.17) is 28.2 Å². The first-order valence-corrected chi connectivity index (χ1v) is 14.9. The van der Waals surface area contributed by atoms with Crippen molar-refractivity contribution in [2.24, 2.45) is 0 Å². The molecular formula is C30H21ClN4O3S3. The van der Waals surface area contributed by atoms with Crippen molar-refractivity contribution in [3.05, 3.63) is 136 Å². The molecule has 2 aromatic heterocycles. The molecule has 2 atom stereocenters. The molecule has 0 saturated carbocycles. The predicted octanol–water partition coefficient (Wildman–Crippen LogP) is 8.72. The summed E-state index contributed by atoms with van der Waals surface area (Å²) in [7, 11) is 0. The van der Waals surface area contributed by atoms with Crippen LogP contribution in [0.5, 0.6) is 0 Å². The summed E-state index contributed by atoms with van der Waals surface area (Å²) in [6.45, 7) is 0. The number of nitrogens with zero attached hydrogens (tertiary/aromatic N) is 3. The van der Waals surface area contributed by atoms with Crippen molar-refractivity contribution >= 4 is 63.8 Å². The molecule has 7 nitrogen and oxygen atoms in total. The number of hydrogen-bond donors (Lipinski definition) is 1. The molecule has 11 heteroatoms. The number of non-ortho nitro benzene ring substituents is 1. The number of nitro groups is 1. The molecule has 1 fully saturated rings. The molecule has 0 radical (unpaired) electrons. The number of anilines is 1. The maximum absolute atomic E-state index is 11.0. The van der Waals surface area contributed by atoms with Crippen LogP contribution < -0.4 is 10.2 Å². The highest BCUT2D eigenvalue weighted by molar-refractivity contribution is 7.99. The fourth-order valence-electron chi connectivity index (χ4n) is 4.54. The lowest BCUT2D eigenvalue weighted by atomic mass is 10.0. The Hall–Kier alpha value is -3.83. The fraction of sp³-hybridized carbons (Fsp3) is 0.0667. The minimum absolute atomic E-state index is 0.0703. The van der Waals surface area contributed by atoms with Gasteiger partial charge >= 0.3 is 0 Å². The van der Waals surface area contributed by atoms with E-state index < -0.39 is 4.92 Å². The third-order valence-corrected chi connectivity index (χ3v) is 8.93. The van der Waals surface area contributed by atoms with Crippen LogP contribution in [0.15, 0.2) is 134 Å². The van der Waals surface area contributed by atoms with Gasteiger partial charge in [-0.2, -0.15) is 0 Å². The highest BCUT2D eigenvalue weighted by atomic mass is 35.5. The summed E-state index contributed by atoms with van der Waals surface area (Å²) < 4.78 is 6.39. The lowest BCUT2D eigenvalue weighted by Gasteiger charge is -2.26. The van der Waals surface area contributed by atoms with Gasteiger partial charge in [0, 0.05) is 43.7 Å². The second-order valence-corrected chi connectivity index (χ2v) is 12.1. The molecule has 3 heterocycles. The van der Waals surface area contributed by atoms with E-state index in [0.29, 0.717) is 10.1 Å². The Morgan fingerprint density at radius 3 is 2.20 bits per heavy atom. The Labute approximate surface area is 255 Å². The van der Waals surface area contributed by atoms with Crippen LogP contribution in [0.4, 0.5) is 11.4 Å². The average molecular weight is 617 g/mol. The molecule has 0 spiro atoms. The normalized spacial score (nSPS) is 16.5. The van der Waals surface area contributed by atoms with Crippen molar-refractivity contribution < 1.29 is 9.34 Å². The Morgan fingerprint density at radius 2 is 1.54 bits per heavy atom. The molecule has 3 aromatic carbocycles. The lowest BCUT2D eigenvalue weighted by Crippen LogP contribution is -2.29. The second kappa shape index (κ2) is 12.0. The van der Waals surface area contributed by atoms with Gasteiger partial charge in [0.1, 0.15) is 11.8 Å². The molecule has 0 unspecified atom stereocenters. The van der Waals surface area contributed by atoms with Crippen LogP contribution in [0.2, 0.25) is 5.02 Å². The van der Waals surface area contributed by atoms with Gasteiger partial charge < -0.3 is 14.6 Å². The number of rotatable bonds is 8. The number of hydrogen-bond acceptors (Lipinski definition) is 7. The first-order chi connectivity index (χ1) is 19.9. The number of benzene rings is 3. The second-order valence-electron chi connectivity index (χ2n) is 9.06. The molecule has 1 aliphatic heterocycles. The van der Waals surface area contributed by atoms with Gasteiger partial charge in [0.25, 0.3) is 5.69 Å². The number of halogens is 1. The molecular weight excluding hydrogens is 596 g/mol. The summed E-state index contributed by atoms with van der Waals surface area (Å²) in [6, 6.07) is 31.5. The molecule has 1 saturated heterocycles. The van der Waals surface area contributed by atoms with Gasteiger partial charge in [0.2, 0.25) is 0 Å². The molecule has 1 N–H and O–H groups in total. The van der Waals surface area contributed by atoms with E-state index in [2.05, 4.69) is 15.2 Å². The largest absolute Gasteiger partial charge is 0.452 e. The van der Waals surface area contributed by atoms with E-state index in [1.807, 2.05) is 78.9 Å². The molecule has 5 aromatic rings. The van der Waals surface area contributed by atoms with E-state index in [0.717, 1.165) is 36.9 Å². The zero-order valence-electron chi connectivity index (χ0n) is 21.2. The molecule has 1 aliphatic rings. The van der Waals surface area contributed by atoms with Crippen molar-refractivity contribution in [1.82, 2.24) is 10.3 Å². The van der Waals surface area contributed by atoms with Gasteiger partial charge in [-0.1, -0.05) is 41.2 Å². The molecule has 6 rings (SSSR count). The number of pyridine rings is 1. The number of nitro benzene ring substituents is 1. The summed E-state index contributed by atoms with van der Waals surface area (Å²) in [4.78, 5) is 20.2. The molecule has 204 valence electrons. The lowest BCUT2D eigenvalue weighted by molar-refractivity contribution is -0.384. The van der Waals surface area contributed by atoms with Gasteiger partial charge in [0.15, 0.2) is 10.2 Å². The average Bonchev–Trinajstić information content (AvgIpc) is 3.59. The van der Waals surface area contributed by atoms with Gasteiger partial charge in [-0.3, -0.25) is 15.1 Å². The van der Waals surface area contributed by atoms with Crippen LogP contribution >= 0.6 is 47.3 Å². The van der Waals surface area contributed by atoms with E-state index in [-0.39, 0.29) is 17.8 Å². The quantitative estimate of drug-likeness (QED) is 0.104. The number of nitrogens with one attached hydrogen (secondary N) is 1. The highest BCUT2D eigenvalue weighted by Crippen LogP contribution is 2.44. The fourth-order valence-corrected chi connectivity index (χ4v) is 6.60. The Balaban J connectivity index is 1.28. The molecule has 0 aliphatic carbocycles. The third kappa shape index (κ3) is 6.11. The van der Waals surface area contributed by atoms with E-state index in [1.165, 1.54) is 35.7 Å². The molecule has 41 heavy (non-hydrogen) atoms. The van der Waals surface area contributed by atoms with Crippen LogP contribution in [-0.2, 0) is 0 Å². The maximum Gasteiger partial charge on any atom is 0.269 e. The first-order valence-electron chi connectivity index (χ1n) is 12.5. The summed E-state index contributed by atoms with van der Waals surface area (Å²) in [5, 5.41) is 16.4. The van der Waals surface area contributed by atoms with E-state index >= 15 is 0 Å². The maximum atomic E-state index is 11.0. The zero-order valence-corrected chi connectivity index (χ0v) is 24.4. The van der Waals surface area contributed by atoms with Crippen molar-refractivity contribution in [3.8, 4) is 0 Å². The minimum Gasteiger partial charge on any atom is -0.452 e. The van der Waals surface area contributed by atoms with Crippen LogP contribution in [-0.4, -0.2) is 15.0 Å². The van der Waals surface area contributed by atoms with Crippen molar-refractivity contribution in [3.63, 3.8) is 0 Å². The van der Waals surface area contributed by atoms with Gasteiger partial charge in [-0.05, 0) is 97.1 Å². The van der Waals surface area contributed by atoms with Crippen LogP contribution in [0.3, 0.4) is 0 Å². The smallest absolute Gasteiger partial charge is 0.269 e. The highest BCUT2D eigenvalue weighted by Gasteiger charge is 2.42. The standard InChI is InChI=1S/C30H21ClN4O3S3/c31-19-4-10-24(11-5-19)41-27-17-16-26(38-27)29-28(25-3-1-2-18-32-25)33-30(39)34(29)20-6-12-22(13-7-20)40-23-14-8-21(9-15-23)35(36)37/h1-18,28-29H,(H,33,39)/t28-,29-/m0/s1. The number of thiocarbonyl (C=S) groups is 1. The van der Waals surface area contributed by atoms with E-state index in [1.54, 1.807) is 18.3 Å². The summed E-state index contributed by atoms with van der Waals surface area (Å²) in [5.41, 5.74) is 1.83. The number of aromatic nitrogens is 1. The third-order valence-electron chi connectivity index (χ3n) is 6.42. The first kappa shape index (κ1) is 27.3. The van der Waals surface area contributed by atoms with Gasteiger partial charge in [-0.15, -0.1) is 0 Å². The Kier molecular flexibility index (Phi) is 7.97. The van der Waals surface area contributed by atoms with Crippen LogP contribution in [0.25, 0.3) is 0 Å². The monoisotopic (exact) mass is 616 g/mol. The SMILES string of the molecule is O=[N+]([O-])c1ccc(Sc2ccc(N3C(=S)N[C@@H](c4ccccn4)[C@@H]3c3ccc(Sc4ccc(Cl)cc4)o3)cc2)cc1. The number of furan rings is 1. The Morgan fingerprint density at radius 1 is 0.878 bits per heavy atom. The Bertz CT molecular complexity index is 1680. The zero-order chi connectivity index (χ0) is 28.3. The minimum atomic E-state index is -0.400. The molecule has 0 amide bonds. The van der Waals surface area contributed by atoms with Crippen LogP contribution in [0.1, 0.15) is 23.5 Å². The molecule has 0 bridgehead atoms. The topological polar surface area (TPSA) is 84.4 Å². The summed E-state index contributed by atoms with van der Waals surface area (Å²) >= 11 is 14.9.